The molecule has 10 heavy (non-hydrogen) atoms. The third-order valence-electron chi connectivity index (χ3n) is 1.18. The fraction of sp³-hybridized carbons (Fsp3) is 0.286. The number of rotatable bonds is 2. The van der Waals surface area contributed by atoms with Gasteiger partial charge in [-0.25, -0.2) is 0 Å². The van der Waals surface area contributed by atoms with Gasteiger partial charge in [-0.15, -0.1) is 11.3 Å². The quantitative estimate of drug-likeness (QED) is 0.648. The van der Waals surface area contributed by atoms with Gasteiger partial charge in [0, 0.05) is 0 Å². The molecule has 0 aromatic carbocycles. The Labute approximate surface area is 63.9 Å². The number of aliphatic imine (C=N–C) groups is 1. The van der Waals surface area contributed by atoms with Gasteiger partial charge in [0.15, 0.2) is 6.23 Å². The molecule has 1 N–H and O–H groups in total. The predicted molar refractivity (Wildman–Crippen MR) is 43.6 cm³/mol. The Kier molecular flexibility index (Phi) is 2.19. The Hall–Kier alpha value is -0.670. The second-order valence-corrected chi connectivity index (χ2v) is 3.03. The lowest BCUT2D eigenvalue weighted by Crippen LogP contribution is -1.86. The van der Waals surface area contributed by atoms with Crippen molar-refractivity contribution in [1.82, 2.24) is 0 Å². The molecule has 0 radical (unpaired) electrons. The number of aryl methyl sites for hydroxylation is 1. The van der Waals surface area contributed by atoms with Gasteiger partial charge in [-0.2, -0.15) is 0 Å². The van der Waals surface area contributed by atoms with Crippen LogP contribution in [-0.2, 0) is 0 Å². The summed E-state index contributed by atoms with van der Waals surface area (Å²) in [5.74, 6) is 0. The minimum atomic E-state index is -0.737. The predicted octanol–water partition coefficient (Wildman–Crippen LogP) is 1.75. The van der Waals surface area contributed by atoms with E-state index in [2.05, 4.69) is 11.7 Å². The highest BCUT2D eigenvalue weighted by Gasteiger charge is 2.04. The molecule has 0 spiro atoms. The van der Waals surface area contributed by atoms with Crippen molar-refractivity contribution in [2.24, 2.45) is 4.99 Å². The van der Waals surface area contributed by atoms with Crippen molar-refractivity contribution >= 4 is 18.1 Å². The van der Waals surface area contributed by atoms with E-state index in [1.165, 1.54) is 11.3 Å². The molecule has 0 amide bonds. The fourth-order valence-corrected chi connectivity index (χ4v) is 1.52. The van der Waals surface area contributed by atoms with Gasteiger partial charge in [-0.3, -0.25) is 4.99 Å². The van der Waals surface area contributed by atoms with Crippen LogP contribution in [0, 0.1) is 6.92 Å². The summed E-state index contributed by atoms with van der Waals surface area (Å²) >= 11 is 1.50. The molecule has 0 bridgehead atoms. The highest BCUT2D eigenvalue weighted by molar-refractivity contribution is 7.10. The van der Waals surface area contributed by atoms with Crippen LogP contribution in [0.15, 0.2) is 16.4 Å². The zero-order chi connectivity index (χ0) is 7.56. The molecule has 0 saturated heterocycles. The summed E-state index contributed by atoms with van der Waals surface area (Å²) in [5, 5.41) is 11.1. The van der Waals surface area contributed by atoms with Gasteiger partial charge in [0.2, 0.25) is 0 Å². The lowest BCUT2D eigenvalue weighted by atomic mass is 10.3. The third-order valence-corrected chi connectivity index (χ3v) is 2.27. The molecule has 0 aliphatic heterocycles. The number of thiophene rings is 1. The molecule has 1 aromatic heterocycles. The van der Waals surface area contributed by atoms with Crippen LogP contribution >= 0.6 is 11.3 Å². The van der Waals surface area contributed by atoms with E-state index in [4.69, 9.17) is 5.11 Å². The number of aliphatic hydroxyl groups excluding tert-OH is 1. The monoisotopic (exact) mass is 155 g/mol. The van der Waals surface area contributed by atoms with E-state index in [9.17, 15) is 0 Å². The van der Waals surface area contributed by atoms with E-state index in [-0.39, 0.29) is 0 Å². The Morgan fingerprint density at radius 2 is 2.50 bits per heavy atom. The van der Waals surface area contributed by atoms with Crippen LogP contribution in [0.4, 0.5) is 0 Å². The summed E-state index contributed by atoms with van der Waals surface area (Å²) in [4.78, 5) is 4.34. The maximum absolute atomic E-state index is 9.12. The van der Waals surface area contributed by atoms with Crippen LogP contribution in [0.2, 0.25) is 0 Å². The molecule has 1 heterocycles. The third kappa shape index (κ3) is 1.43. The summed E-state index contributed by atoms with van der Waals surface area (Å²) in [6.45, 7) is 5.23. The second-order valence-electron chi connectivity index (χ2n) is 2.08. The van der Waals surface area contributed by atoms with E-state index < -0.39 is 6.23 Å². The van der Waals surface area contributed by atoms with E-state index >= 15 is 0 Å². The zero-order valence-corrected chi connectivity index (χ0v) is 6.56. The van der Waals surface area contributed by atoms with Crippen molar-refractivity contribution in [3.8, 4) is 0 Å². The maximum atomic E-state index is 9.12. The van der Waals surface area contributed by atoms with Crippen LogP contribution in [0.1, 0.15) is 16.7 Å². The molecule has 1 aromatic rings. The molecule has 1 rings (SSSR count). The average molecular weight is 155 g/mol. The van der Waals surface area contributed by atoms with Gasteiger partial charge >= 0.3 is 0 Å². The fourth-order valence-electron chi connectivity index (χ4n) is 0.679. The minimum Gasteiger partial charge on any atom is -0.367 e. The smallest absolute Gasteiger partial charge is 0.179 e. The van der Waals surface area contributed by atoms with E-state index in [1.54, 1.807) is 0 Å². The van der Waals surface area contributed by atoms with Gasteiger partial charge in [-0.05, 0) is 30.7 Å². The van der Waals surface area contributed by atoms with E-state index in [0.717, 1.165) is 10.4 Å². The van der Waals surface area contributed by atoms with Gasteiger partial charge < -0.3 is 5.11 Å². The molecule has 1 atom stereocenters. The van der Waals surface area contributed by atoms with E-state index in [0.29, 0.717) is 0 Å². The molecule has 0 aliphatic rings. The number of hydrogen-bond donors (Lipinski definition) is 1. The van der Waals surface area contributed by atoms with Crippen LogP contribution in [-0.4, -0.2) is 11.8 Å². The molecule has 0 saturated carbocycles. The topological polar surface area (TPSA) is 32.6 Å². The number of aliphatic hydroxyl groups is 1. The van der Waals surface area contributed by atoms with Crippen molar-refractivity contribution < 1.29 is 5.11 Å². The molecule has 0 fully saturated rings. The minimum absolute atomic E-state index is 0.737. The van der Waals surface area contributed by atoms with Crippen LogP contribution < -0.4 is 0 Å². The maximum Gasteiger partial charge on any atom is 0.179 e. The van der Waals surface area contributed by atoms with E-state index in [1.807, 2.05) is 18.4 Å². The Morgan fingerprint density at radius 1 is 1.80 bits per heavy atom. The van der Waals surface area contributed by atoms with Crippen molar-refractivity contribution in [2.45, 2.75) is 13.2 Å². The largest absolute Gasteiger partial charge is 0.367 e. The summed E-state index contributed by atoms with van der Waals surface area (Å²) < 4.78 is 0. The summed E-state index contributed by atoms with van der Waals surface area (Å²) in [5.41, 5.74) is 1.16. The van der Waals surface area contributed by atoms with Gasteiger partial charge in [0.1, 0.15) is 0 Å². The second kappa shape index (κ2) is 2.94. The Bertz CT molecular complexity index is 231. The molecule has 54 valence electrons. The first-order valence-corrected chi connectivity index (χ1v) is 3.81. The first-order valence-electron chi connectivity index (χ1n) is 2.93. The molecule has 2 nitrogen and oxygen atoms in total. The van der Waals surface area contributed by atoms with Crippen LogP contribution in [0.5, 0.6) is 0 Å². The molecule has 0 aliphatic carbocycles. The number of hydrogen-bond acceptors (Lipinski definition) is 3. The normalized spacial score (nSPS) is 13.0. The van der Waals surface area contributed by atoms with Crippen molar-refractivity contribution in [3.05, 3.63) is 21.9 Å². The summed E-state index contributed by atoms with van der Waals surface area (Å²) in [7, 11) is 0. The first-order chi connectivity index (χ1) is 4.74. The van der Waals surface area contributed by atoms with Crippen molar-refractivity contribution in [3.63, 3.8) is 0 Å². The van der Waals surface area contributed by atoms with Gasteiger partial charge in [-0.1, -0.05) is 0 Å². The molecular weight excluding hydrogens is 146 g/mol. The zero-order valence-electron chi connectivity index (χ0n) is 5.74. The highest BCUT2D eigenvalue weighted by atomic mass is 32.1. The average Bonchev–Trinajstić information content (AvgIpc) is 2.34. The molecular formula is C7H9NOS. The molecule has 3 heteroatoms. The highest BCUT2D eigenvalue weighted by Crippen LogP contribution is 2.21. The lowest BCUT2D eigenvalue weighted by molar-refractivity contribution is 0.194. The standard InChI is InChI=1S/C7H9NOS/c1-5-3-6(10-4-5)7(9)8-2/h3-4,7,9H,2H2,1H3/t7-/m1/s1. The summed E-state index contributed by atoms with van der Waals surface area (Å²) in [6, 6.07) is 1.91. The molecule has 0 unspecified atom stereocenters. The summed E-state index contributed by atoms with van der Waals surface area (Å²) in [6.07, 6.45) is -0.737. The van der Waals surface area contributed by atoms with Crippen molar-refractivity contribution in [2.75, 3.05) is 0 Å². The lowest BCUT2D eigenvalue weighted by Gasteiger charge is -1.97. The SMILES string of the molecule is C=N[C@H](O)c1cc(C)cs1. The van der Waals surface area contributed by atoms with Gasteiger partial charge in [0.25, 0.3) is 0 Å². The Balaban J connectivity index is 2.84. The Morgan fingerprint density at radius 3 is 2.90 bits per heavy atom. The van der Waals surface area contributed by atoms with Gasteiger partial charge in [0.05, 0.1) is 4.88 Å². The van der Waals surface area contributed by atoms with Crippen LogP contribution in [0.25, 0.3) is 0 Å². The van der Waals surface area contributed by atoms with Crippen LogP contribution in [0.3, 0.4) is 0 Å². The van der Waals surface area contributed by atoms with Crippen molar-refractivity contribution in [1.29, 1.82) is 0 Å². The first kappa shape index (κ1) is 7.44. The number of nitrogens with zero attached hydrogens (tertiary/aromatic N) is 1.